The van der Waals surface area contributed by atoms with Crippen molar-refractivity contribution in [2.45, 2.75) is 17.4 Å². The number of alkyl halides is 6. The highest BCUT2D eigenvalue weighted by Gasteiger charge is 2.37. The maximum Gasteiger partial charge on any atom is 0.416 e. The van der Waals surface area contributed by atoms with E-state index < -0.39 is 35.1 Å². The number of nitrogens with zero attached hydrogens (tertiary/aromatic N) is 2. The summed E-state index contributed by atoms with van der Waals surface area (Å²) in [5.74, 6) is -1.08. The standard InChI is InChI=1S/C20H12BrF6N3OS/c21-14-3-1-11(2-4-14)16-5-6-18(30-29-16)32-10-17(31)28-15-8-12(19(22,23)24)7-13(9-15)20(25,26)27/h1-9H,10H2,(H,28,31). The van der Waals surface area contributed by atoms with Gasteiger partial charge < -0.3 is 5.32 Å². The molecule has 1 amide bonds. The number of benzene rings is 2. The average Bonchev–Trinajstić information content (AvgIpc) is 2.72. The Kier molecular flexibility index (Phi) is 7.13. The van der Waals surface area contributed by atoms with E-state index >= 15 is 0 Å². The number of rotatable bonds is 5. The van der Waals surface area contributed by atoms with Crippen molar-refractivity contribution < 1.29 is 31.1 Å². The van der Waals surface area contributed by atoms with E-state index in [-0.39, 0.29) is 11.8 Å². The van der Waals surface area contributed by atoms with Gasteiger partial charge >= 0.3 is 12.4 Å². The van der Waals surface area contributed by atoms with Crippen molar-refractivity contribution in [1.29, 1.82) is 0 Å². The Morgan fingerprint density at radius 3 is 1.97 bits per heavy atom. The van der Waals surface area contributed by atoms with Crippen molar-refractivity contribution in [2.24, 2.45) is 0 Å². The fourth-order valence-electron chi connectivity index (χ4n) is 2.54. The number of nitrogens with one attached hydrogen (secondary N) is 1. The molecular formula is C20H12BrF6N3OS. The first-order chi connectivity index (χ1) is 14.9. The van der Waals surface area contributed by atoms with E-state index in [1.807, 2.05) is 24.3 Å². The molecule has 1 aromatic heterocycles. The van der Waals surface area contributed by atoms with Crippen molar-refractivity contribution >= 4 is 39.3 Å². The quantitative estimate of drug-likeness (QED) is 0.292. The molecular weight excluding hydrogens is 524 g/mol. The van der Waals surface area contributed by atoms with E-state index in [4.69, 9.17) is 0 Å². The summed E-state index contributed by atoms with van der Waals surface area (Å²) in [6.45, 7) is 0. The molecule has 2 aromatic carbocycles. The van der Waals surface area contributed by atoms with Gasteiger partial charge in [0.2, 0.25) is 5.91 Å². The molecule has 32 heavy (non-hydrogen) atoms. The maximum absolute atomic E-state index is 12.9. The summed E-state index contributed by atoms with van der Waals surface area (Å²) < 4.78 is 78.4. The predicted octanol–water partition coefficient (Wildman–Crippen LogP) is 6.67. The number of carbonyl (C=O) groups is 1. The van der Waals surface area contributed by atoms with Crippen molar-refractivity contribution in [3.63, 3.8) is 0 Å². The molecule has 1 N–H and O–H groups in total. The monoisotopic (exact) mass is 535 g/mol. The Morgan fingerprint density at radius 2 is 1.47 bits per heavy atom. The van der Waals surface area contributed by atoms with E-state index in [0.717, 1.165) is 21.8 Å². The smallest absolute Gasteiger partial charge is 0.325 e. The molecule has 3 rings (SSSR count). The fraction of sp³-hybridized carbons (Fsp3) is 0.150. The lowest BCUT2D eigenvalue weighted by molar-refractivity contribution is -0.143. The minimum absolute atomic E-state index is 0.00696. The summed E-state index contributed by atoms with van der Waals surface area (Å²) in [6.07, 6.45) is -10.00. The number of aromatic nitrogens is 2. The lowest BCUT2D eigenvalue weighted by Gasteiger charge is -2.14. The third-order valence-corrected chi connectivity index (χ3v) is 5.45. The molecule has 0 atom stereocenters. The van der Waals surface area contributed by atoms with E-state index in [9.17, 15) is 31.1 Å². The summed E-state index contributed by atoms with van der Waals surface area (Å²) in [7, 11) is 0. The second-order valence-corrected chi connectivity index (χ2v) is 8.31. The Hall–Kier alpha value is -2.60. The lowest BCUT2D eigenvalue weighted by Crippen LogP contribution is -2.17. The first-order valence-electron chi connectivity index (χ1n) is 8.73. The van der Waals surface area contributed by atoms with Gasteiger partial charge in [0.25, 0.3) is 0 Å². The first kappa shape index (κ1) is 24.1. The molecule has 0 spiro atoms. The molecule has 0 unspecified atom stereocenters. The van der Waals surface area contributed by atoms with Crippen molar-refractivity contribution in [3.8, 4) is 11.3 Å². The maximum atomic E-state index is 12.9. The van der Waals surface area contributed by atoms with E-state index in [0.29, 0.717) is 22.9 Å². The van der Waals surface area contributed by atoms with Gasteiger partial charge in [0, 0.05) is 15.7 Å². The number of hydrogen-bond acceptors (Lipinski definition) is 4. The Balaban J connectivity index is 1.66. The summed E-state index contributed by atoms with van der Waals surface area (Å²) in [5, 5.41) is 10.5. The van der Waals surface area contributed by atoms with Gasteiger partial charge in [-0.15, -0.1) is 10.2 Å². The van der Waals surface area contributed by atoms with Crippen molar-refractivity contribution in [2.75, 3.05) is 11.1 Å². The molecule has 0 radical (unpaired) electrons. The topological polar surface area (TPSA) is 54.9 Å². The third kappa shape index (κ3) is 6.45. The van der Waals surface area contributed by atoms with Crippen molar-refractivity contribution in [3.05, 3.63) is 70.2 Å². The number of anilines is 1. The molecule has 0 saturated heterocycles. The van der Waals surface area contributed by atoms with Crippen molar-refractivity contribution in [1.82, 2.24) is 10.2 Å². The van der Waals surface area contributed by atoms with E-state index in [1.54, 1.807) is 12.1 Å². The number of hydrogen-bond donors (Lipinski definition) is 1. The van der Waals surface area contributed by atoms with Crippen LogP contribution in [0.25, 0.3) is 11.3 Å². The zero-order valence-corrected chi connectivity index (χ0v) is 18.2. The normalized spacial score (nSPS) is 12.0. The van der Waals surface area contributed by atoms with Gasteiger partial charge in [0.05, 0.1) is 22.6 Å². The zero-order chi connectivity index (χ0) is 23.5. The SMILES string of the molecule is O=C(CSc1ccc(-c2ccc(Br)cc2)nn1)Nc1cc(C(F)(F)F)cc(C(F)(F)F)c1. The molecule has 0 bridgehead atoms. The van der Waals surface area contributed by atoms with Gasteiger partial charge in [0.1, 0.15) is 5.03 Å². The van der Waals surface area contributed by atoms with Crippen LogP contribution >= 0.6 is 27.7 Å². The van der Waals surface area contributed by atoms with Gasteiger partial charge in [-0.05, 0) is 42.5 Å². The average molecular weight is 536 g/mol. The van der Waals surface area contributed by atoms with Crippen LogP contribution in [0, 0.1) is 0 Å². The summed E-state index contributed by atoms with van der Waals surface area (Å²) in [6, 6.07) is 11.5. The van der Waals surface area contributed by atoms with E-state index in [1.165, 1.54) is 0 Å². The predicted molar refractivity (Wildman–Crippen MR) is 111 cm³/mol. The minimum atomic E-state index is -5.00. The second kappa shape index (κ2) is 9.49. The van der Waals surface area contributed by atoms with Gasteiger partial charge in [-0.1, -0.05) is 39.8 Å². The molecule has 0 fully saturated rings. The van der Waals surface area contributed by atoms with Crippen LogP contribution in [0.5, 0.6) is 0 Å². The molecule has 12 heteroatoms. The number of thioether (sulfide) groups is 1. The van der Waals surface area contributed by atoms with Crippen LogP contribution in [0.4, 0.5) is 32.0 Å². The molecule has 0 aliphatic rings. The Bertz CT molecular complexity index is 1070. The molecule has 0 aliphatic carbocycles. The highest BCUT2D eigenvalue weighted by atomic mass is 79.9. The van der Waals surface area contributed by atoms with Crippen LogP contribution in [0.1, 0.15) is 11.1 Å². The molecule has 3 aromatic rings. The molecule has 0 saturated carbocycles. The van der Waals surface area contributed by atoms with Crippen LogP contribution in [-0.4, -0.2) is 21.9 Å². The highest BCUT2D eigenvalue weighted by molar-refractivity contribution is 9.10. The van der Waals surface area contributed by atoms with Gasteiger partial charge in [-0.25, -0.2) is 0 Å². The molecule has 168 valence electrons. The van der Waals surface area contributed by atoms with Gasteiger partial charge in [-0.2, -0.15) is 26.3 Å². The van der Waals surface area contributed by atoms with Crippen LogP contribution < -0.4 is 5.32 Å². The van der Waals surface area contributed by atoms with Crippen LogP contribution in [0.15, 0.2) is 64.1 Å². The van der Waals surface area contributed by atoms with Crippen LogP contribution in [0.3, 0.4) is 0 Å². The Morgan fingerprint density at radius 1 is 0.875 bits per heavy atom. The Labute approximate surface area is 190 Å². The van der Waals surface area contributed by atoms with Gasteiger partial charge in [-0.3, -0.25) is 4.79 Å². The van der Waals surface area contributed by atoms with Crippen LogP contribution in [-0.2, 0) is 17.1 Å². The molecule has 1 heterocycles. The van der Waals surface area contributed by atoms with E-state index in [2.05, 4.69) is 31.4 Å². The summed E-state index contributed by atoms with van der Waals surface area (Å²) in [4.78, 5) is 12.1. The fourth-order valence-corrected chi connectivity index (χ4v) is 3.41. The zero-order valence-electron chi connectivity index (χ0n) is 15.8. The third-order valence-electron chi connectivity index (χ3n) is 4.00. The van der Waals surface area contributed by atoms with Crippen LogP contribution in [0.2, 0.25) is 0 Å². The lowest BCUT2D eigenvalue weighted by atomic mass is 10.1. The largest absolute Gasteiger partial charge is 0.416 e. The molecule has 4 nitrogen and oxygen atoms in total. The minimum Gasteiger partial charge on any atom is -0.325 e. The summed E-state index contributed by atoms with van der Waals surface area (Å²) in [5.41, 5.74) is -2.21. The first-order valence-corrected chi connectivity index (χ1v) is 10.5. The highest BCUT2D eigenvalue weighted by Crippen LogP contribution is 2.37. The number of carbonyl (C=O) groups excluding carboxylic acids is 1. The molecule has 0 aliphatic heterocycles. The number of halogens is 7. The van der Waals surface area contributed by atoms with Gasteiger partial charge in [0.15, 0.2) is 0 Å². The summed E-state index contributed by atoms with van der Waals surface area (Å²) >= 11 is 4.26. The number of amides is 1. The second-order valence-electron chi connectivity index (χ2n) is 6.40.